The van der Waals surface area contributed by atoms with Gasteiger partial charge >= 0.3 is 11.9 Å². The molecule has 0 aliphatic rings. The van der Waals surface area contributed by atoms with Crippen molar-refractivity contribution < 1.29 is 23.8 Å². The molecule has 0 saturated heterocycles. The Balaban J connectivity index is 4.36. The van der Waals surface area contributed by atoms with Crippen LogP contribution >= 0.6 is 0 Å². The highest BCUT2D eigenvalue weighted by Crippen LogP contribution is 2.14. The minimum Gasteiger partial charge on any atom is -0.462 e. The third kappa shape index (κ3) is 57.1. The van der Waals surface area contributed by atoms with Crippen molar-refractivity contribution >= 4 is 11.9 Å². The molecule has 0 radical (unpaired) electrons. The van der Waals surface area contributed by atoms with Gasteiger partial charge in [0.15, 0.2) is 6.10 Å². The van der Waals surface area contributed by atoms with Crippen molar-refractivity contribution in [2.45, 2.75) is 271 Å². The third-order valence-electron chi connectivity index (χ3n) is 12.3. The molecule has 0 aliphatic carbocycles. The van der Waals surface area contributed by atoms with Gasteiger partial charge in [-0.1, -0.05) is 239 Å². The van der Waals surface area contributed by atoms with E-state index < -0.39 is 6.10 Å². The summed E-state index contributed by atoms with van der Waals surface area (Å²) in [5.41, 5.74) is 0. The smallest absolute Gasteiger partial charge is 0.306 e. The molecule has 5 nitrogen and oxygen atoms in total. The molecule has 0 fully saturated rings. The molecule has 0 spiro atoms. The van der Waals surface area contributed by atoms with Gasteiger partial charge < -0.3 is 14.2 Å². The highest BCUT2D eigenvalue weighted by atomic mass is 16.6. The van der Waals surface area contributed by atoms with Crippen LogP contribution in [0.2, 0.25) is 0 Å². The van der Waals surface area contributed by atoms with E-state index in [-0.39, 0.29) is 25.2 Å². The Hall–Kier alpha value is -3.44. The van der Waals surface area contributed by atoms with Crippen LogP contribution in [0, 0.1) is 0 Å². The molecule has 70 heavy (non-hydrogen) atoms. The predicted molar refractivity (Wildman–Crippen MR) is 306 cm³/mol. The number of ether oxygens (including phenoxy) is 3. The molecule has 0 rings (SSSR count). The van der Waals surface area contributed by atoms with E-state index in [4.69, 9.17) is 14.2 Å². The summed E-state index contributed by atoms with van der Waals surface area (Å²) in [6.07, 6.45) is 82.5. The lowest BCUT2D eigenvalue weighted by Gasteiger charge is -2.18. The van der Waals surface area contributed by atoms with Gasteiger partial charge in [-0.15, -0.1) is 0 Å². The molecule has 0 amide bonds. The van der Waals surface area contributed by atoms with Crippen LogP contribution in [0.4, 0.5) is 0 Å². The minimum absolute atomic E-state index is 0.0611. The van der Waals surface area contributed by atoms with Crippen molar-refractivity contribution in [3.8, 4) is 0 Å². The largest absolute Gasteiger partial charge is 0.462 e. The van der Waals surface area contributed by atoms with Gasteiger partial charge in [0.25, 0.3) is 0 Å². The van der Waals surface area contributed by atoms with E-state index in [1.54, 1.807) is 0 Å². The second-order valence-corrected chi connectivity index (χ2v) is 19.1. The number of unbranched alkanes of at least 4 members (excludes halogenated alkanes) is 24. The topological polar surface area (TPSA) is 61.8 Å². The van der Waals surface area contributed by atoms with Crippen LogP contribution in [0.3, 0.4) is 0 Å². The van der Waals surface area contributed by atoms with Gasteiger partial charge in [-0.3, -0.25) is 9.59 Å². The number of rotatable bonds is 53. The first kappa shape index (κ1) is 66.6. The lowest BCUT2D eigenvalue weighted by Crippen LogP contribution is -2.30. The Kier molecular flexibility index (Phi) is 56.9. The van der Waals surface area contributed by atoms with Crippen LogP contribution in [0.25, 0.3) is 0 Å². The molecule has 5 heteroatoms. The van der Waals surface area contributed by atoms with Crippen LogP contribution < -0.4 is 0 Å². The fourth-order valence-corrected chi connectivity index (χ4v) is 7.96. The molecule has 0 N–H and O–H groups in total. The molecular formula is C65H110O5. The van der Waals surface area contributed by atoms with Crippen molar-refractivity contribution in [3.63, 3.8) is 0 Å². The van der Waals surface area contributed by atoms with Gasteiger partial charge in [-0.2, -0.15) is 0 Å². The summed E-state index contributed by atoms with van der Waals surface area (Å²) in [6, 6.07) is 0. The molecule has 0 heterocycles. The molecular weight excluding hydrogens is 861 g/mol. The molecule has 0 aromatic rings. The average Bonchev–Trinajstić information content (AvgIpc) is 3.36. The SMILES string of the molecule is CC/C=C\C/C=C\C/C=C\C/C=C\CCCCCCCCCOCC(COC(=O)CCCCCC/C=C\C/C=C\C/C=C\C/C=C\CC)OC(=O)CCCCCCCCC/C=C\CCCCCCCC. The summed E-state index contributed by atoms with van der Waals surface area (Å²) < 4.78 is 17.5. The summed E-state index contributed by atoms with van der Waals surface area (Å²) in [4.78, 5) is 25.6. The maximum absolute atomic E-state index is 12.9. The van der Waals surface area contributed by atoms with E-state index in [1.165, 1.54) is 109 Å². The van der Waals surface area contributed by atoms with Gasteiger partial charge in [0.2, 0.25) is 0 Å². The normalized spacial score (nSPS) is 13.0. The van der Waals surface area contributed by atoms with E-state index in [9.17, 15) is 9.59 Å². The summed E-state index contributed by atoms with van der Waals surface area (Å²) in [6.45, 7) is 7.56. The Morgan fingerprint density at radius 3 is 1.04 bits per heavy atom. The number of carbonyl (C=O) groups excluding carboxylic acids is 2. The Morgan fingerprint density at radius 1 is 0.329 bits per heavy atom. The maximum Gasteiger partial charge on any atom is 0.306 e. The van der Waals surface area contributed by atoms with Gasteiger partial charge in [-0.25, -0.2) is 0 Å². The summed E-state index contributed by atoms with van der Waals surface area (Å²) >= 11 is 0. The average molecular weight is 972 g/mol. The first-order chi connectivity index (χ1) is 34.6. The zero-order chi connectivity index (χ0) is 50.6. The standard InChI is InChI=1S/C65H110O5/c1-4-7-10-13-16-19-22-25-28-31-32-33-36-39-42-45-48-51-54-57-60-68-61-63(70-65(67)59-56-53-50-47-44-41-38-35-30-27-24-21-18-15-12-9-6-3)62-69-64(66)58-55-52-49-46-43-40-37-34-29-26-23-20-17-14-11-8-5-2/h7-8,10-11,16-17,19-20,25-30,32-33,37,40,63H,4-6,9,12-15,18,21-24,31,34-36,38-39,41-62H2,1-3H3/b10-7-,11-8-,19-16-,20-17-,28-25-,29-26-,30-27-,33-32-,40-37-. The lowest BCUT2D eigenvalue weighted by atomic mass is 10.1. The first-order valence-electron chi connectivity index (χ1n) is 29.4. The fourth-order valence-electron chi connectivity index (χ4n) is 7.96. The van der Waals surface area contributed by atoms with Crippen molar-refractivity contribution in [1.29, 1.82) is 0 Å². The zero-order valence-corrected chi connectivity index (χ0v) is 46.0. The zero-order valence-electron chi connectivity index (χ0n) is 46.0. The van der Waals surface area contributed by atoms with Crippen LogP contribution in [0.15, 0.2) is 109 Å². The summed E-state index contributed by atoms with van der Waals surface area (Å²) in [7, 11) is 0. The van der Waals surface area contributed by atoms with E-state index in [0.29, 0.717) is 19.4 Å². The van der Waals surface area contributed by atoms with Gasteiger partial charge in [0.1, 0.15) is 6.61 Å². The third-order valence-corrected chi connectivity index (χ3v) is 12.3. The fraction of sp³-hybridized carbons (Fsp3) is 0.692. The quantitative estimate of drug-likeness (QED) is 0.0345. The molecule has 0 bridgehead atoms. The Morgan fingerprint density at radius 2 is 0.643 bits per heavy atom. The summed E-state index contributed by atoms with van der Waals surface area (Å²) in [5.74, 6) is -0.435. The monoisotopic (exact) mass is 971 g/mol. The molecule has 400 valence electrons. The number of allylic oxidation sites excluding steroid dienone is 18. The number of hydrogen-bond donors (Lipinski definition) is 0. The van der Waals surface area contributed by atoms with Crippen molar-refractivity contribution in [2.24, 2.45) is 0 Å². The van der Waals surface area contributed by atoms with E-state index in [2.05, 4.69) is 130 Å². The van der Waals surface area contributed by atoms with Crippen LogP contribution in [0.1, 0.15) is 265 Å². The molecule has 0 aliphatic heterocycles. The van der Waals surface area contributed by atoms with Gasteiger partial charge in [0.05, 0.1) is 6.61 Å². The number of carbonyl (C=O) groups is 2. The molecule has 0 saturated carbocycles. The second-order valence-electron chi connectivity index (χ2n) is 19.1. The highest BCUT2D eigenvalue weighted by Gasteiger charge is 2.17. The van der Waals surface area contributed by atoms with E-state index in [0.717, 1.165) is 122 Å². The summed E-state index contributed by atoms with van der Waals surface area (Å²) in [5, 5.41) is 0. The van der Waals surface area contributed by atoms with Gasteiger partial charge in [0, 0.05) is 19.4 Å². The molecule has 0 aromatic heterocycles. The molecule has 1 unspecified atom stereocenters. The van der Waals surface area contributed by atoms with Crippen LogP contribution in [-0.2, 0) is 23.8 Å². The number of hydrogen-bond acceptors (Lipinski definition) is 5. The number of esters is 2. The van der Waals surface area contributed by atoms with Crippen LogP contribution in [-0.4, -0.2) is 37.9 Å². The van der Waals surface area contributed by atoms with Crippen molar-refractivity contribution in [2.75, 3.05) is 19.8 Å². The first-order valence-corrected chi connectivity index (χ1v) is 29.4. The second kappa shape index (κ2) is 59.9. The molecule has 1 atom stereocenters. The highest BCUT2D eigenvalue weighted by molar-refractivity contribution is 5.70. The van der Waals surface area contributed by atoms with Gasteiger partial charge in [-0.05, 0) is 122 Å². The maximum atomic E-state index is 12.9. The lowest BCUT2D eigenvalue weighted by molar-refractivity contribution is -0.163. The minimum atomic E-state index is -0.562. The predicted octanol–water partition coefficient (Wildman–Crippen LogP) is 20.3. The molecule has 0 aromatic carbocycles. The van der Waals surface area contributed by atoms with Crippen molar-refractivity contribution in [3.05, 3.63) is 109 Å². The van der Waals surface area contributed by atoms with Crippen LogP contribution in [0.5, 0.6) is 0 Å². The van der Waals surface area contributed by atoms with E-state index >= 15 is 0 Å². The Labute approximate surface area is 434 Å². The van der Waals surface area contributed by atoms with E-state index in [1.807, 2.05) is 0 Å². The Bertz CT molecular complexity index is 1380. The van der Waals surface area contributed by atoms with Crippen molar-refractivity contribution in [1.82, 2.24) is 0 Å².